The number of urea groups is 1. The molecular formula is C19H25N3O3. The number of rotatable bonds is 3. The van der Waals surface area contributed by atoms with Crippen molar-refractivity contribution >= 4 is 23.5 Å². The molecule has 2 atom stereocenters. The Morgan fingerprint density at radius 1 is 1.20 bits per heavy atom. The minimum Gasteiger partial charge on any atom is -0.325 e. The van der Waals surface area contributed by atoms with Gasteiger partial charge >= 0.3 is 6.03 Å². The van der Waals surface area contributed by atoms with Gasteiger partial charge in [0, 0.05) is 5.69 Å². The van der Waals surface area contributed by atoms with Crippen LogP contribution in [0.5, 0.6) is 0 Å². The molecule has 2 aliphatic rings. The summed E-state index contributed by atoms with van der Waals surface area (Å²) in [4.78, 5) is 38.8. The Kier molecular flexibility index (Phi) is 4.54. The summed E-state index contributed by atoms with van der Waals surface area (Å²) >= 11 is 0. The molecule has 25 heavy (non-hydrogen) atoms. The van der Waals surface area contributed by atoms with E-state index in [1.165, 1.54) is 0 Å². The number of amides is 4. The average Bonchev–Trinajstić information content (AvgIpc) is 2.81. The molecule has 134 valence electrons. The summed E-state index contributed by atoms with van der Waals surface area (Å²) in [7, 11) is 0. The zero-order valence-electron chi connectivity index (χ0n) is 15.0. The predicted molar refractivity (Wildman–Crippen MR) is 95.0 cm³/mol. The molecule has 0 radical (unpaired) electrons. The fraction of sp³-hybridized carbons (Fsp3) is 0.526. The van der Waals surface area contributed by atoms with E-state index >= 15 is 0 Å². The van der Waals surface area contributed by atoms with Gasteiger partial charge in [-0.05, 0) is 43.7 Å². The van der Waals surface area contributed by atoms with E-state index in [0.717, 1.165) is 29.7 Å². The molecule has 0 aromatic heterocycles. The number of nitrogens with one attached hydrogen (secondary N) is 2. The molecule has 1 saturated carbocycles. The van der Waals surface area contributed by atoms with E-state index in [1.807, 2.05) is 32.9 Å². The highest BCUT2D eigenvalue weighted by Crippen LogP contribution is 2.42. The van der Waals surface area contributed by atoms with E-state index in [0.29, 0.717) is 5.69 Å². The van der Waals surface area contributed by atoms with Gasteiger partial charge < -0.3 is 10.6 Å². The van der Waals surface area contributed by atoms with Crippen LogP contribution < -0.4 is 10.6 Å². The van der Waals surface area contributed by atoms with Crippen molar-refractivity contribution in [1.29, 1.82) is 0 Å². The zero-order valence-corrected chi connectivity index (χ0v) is 15.0. The van der Waals surface area contributed by atoms with Crippen LogP contribution in [0, 0.1) is 18.8 Å². The number of nitrogens with zero attached hydrogens (tertiary/aromatic N) is 1. The average molecular weight is 343 g/mol. The second kappa shape index (κ2) is 6.50. The van der Waals surface area contributed by atoms with Crippen molar-refractivity contribution in [3.8, 4) is 0 Å². The van der Waals surface area contributed by atoms with Crippen LogP contribution in [0.1, 0.15) is 38.7 Å². The van der Waals surface area contributed by atoms with Crippen molar-refractivity contribution < 1.29 is 14.4 Å². The van der Waals surface area contributed by atoms with Gasteiger partial charge in [-0.15, -0.1) is 0 Å². The number of benzene rings is 1. The minimum absolute atomic E-state index is 0.0675. The number of hydrogen-bond acceptors (Lipinski definition) is 3. The second-order valence-corrected chi connectivity index (χ2v) is 7.34. The van der Waals surface area contributed by atoms with Gasteiger partial charge in [0.2, 0.25) is 5.91 Å². The van der Waals surface area contributed by atoms with Crippen molar-refractivity contribution in [3.05, 3.63) is 29.8 Å². The van der Waals surface area contributed by atoms with Crippen molar-refractivity contribution in [3.63, 3.8) is 0 Å². The summed E-state index contributed by atoms with van der Waals surface area (Å²) in [5.41, 5.74) is 0.880. The molecule has 2 fully saturated rings. The Labute approximate surface area is 148 Å². The molecule has 3 rings (SSSR count). The Morgan fingerprint density at radius 2 is 1.80 bits per heavy atom. The molecule has 4 amide bonds. The van der Waals surface area contributed by atoms with E-state index in [1.54, 1.807) is 12.1 Å². The second-order valence-electron chi connectivity index (χ2n) is 7.34. The molecule has 0 unspecified atom stereocenters. The quantitative estimate of drug-likeness (QED) is 0.828. The Balaban J connectivity index is 1.72. The maximum atomic E-state index is 13.0. The SMILES string of the molecule is Cc1ccc(NC(=O)CN2C(=O)NC3(C2=O)[C@H](C)CCC[C@H]3C)cc1. The number of hydrogen-bond donors (Lipinski definition) is 2. The van der Waals surface area contributed by atoms with Gasteiger partial charge in [-0.25, -0.2) is 4.79 Å². The van der Waals surface area contributed by atoms with E-state index in [9.17, 15) is 14.4 Å². The summed E-state index contributed by atoms with van der Waals surface area (Å²) in [6, 6.07) is 6.91. The lowest BCUT2D eigenvalue weighted by molar-refractivity contribution is -0.138. The maximum Gasteiger partial charge on any atom is 0.325 e. The van der Waals surface area contributed by atoms with Crippen LogP contribution in [0.4, 0.5) is 10.5 Å². The molecule has 6 heteroatoms. The number of anilines is 1. The highest BCUT2D eigenvalue weighted by atomic mass is 16.2. The minimum atomic E-state index is -0.862. The summed E-state index contributed by atoms with van der Waals surface area (Å²) in [6.07, 6.45) is 2.86. The standard InChI is InChI=1S/C19H25N3O3/c1-12-7-9-15(10-8-12)20-16(23)11-22-17(24)19(21-18(22)25)13(2)5-4-6-14(19)3/h7-10,13-14H,4-6,11H2,1-3H3,(H,20,23)(H,21,25)/t13-,14-/m1/s1. The number of aryl methyl sites for hydroxylation is 1. The molecule has 1 heterocycles. The number of imide groups is 1. The first-order chi connectivity index (χ1) is 11.8. The van der Waals surface area contributed by atoms with Crippen LogP contribution in [0.15, 0.2) is 24.3 Å². The van der Waals surface area contributed by atoms with Crippen LogP contribution in [0.3, 0.4) is 0 Å². The highest BCUT2D eigenvalue weighted by Gasteiger charge is 2.58. The van der Waals surface area contributed by atoms with Crippen LogP contribution >= 0.6 is 0 Å². The summed E-state index contributed by atoms with van der Waals surface area (Å²) < 4.78 is 0. The molecule has 1 aliphatic carbocycles. The Bertz CT molecular complexity index is 688. The van der Waals surface area contributed by atoms with Crippen molar-refractivity contribution in [2.75, 3.05) is 11.9 Å². The molecular weight excluding hydrogens is 318 g/mol. The first kappa shape index (κ1) is 17.5. The topological polar surface area (TPSA) is 78.5 Å². The smallest absolute Gasteiger partial charge is 0.325 e. The lowest BCUT2D eigenvalue weighted by Crippen LogP contribution is -2.59. The third-order valence-electron chi connectivity index (χ3n) is 5.62. The normalized spacial score (nSPS) is 25.2. The summed E-state index contributed by atoms with van der Waals surface area (Å²) in [5.74, 6) is -0.507. The van der Waals surface area contributed by atoms with E-state index in [-0.39, 0.29) is 30.2 Å². The monoisotopic (exact) mass is 343 g/mol. The van der Waals surface area contributed by atoms with E-state index in [4.69, 9.17) is 0 Å². The van der Waals surface area contributed by atoms with Gasteiger partial charge in [0.05, 0.1) is 0 Å². The fourth-order valence-electron chi connectivity index (χ4n) is 4.08. The zero-order chi connectivity index (χ0) is 18.2. The molecule has 6 nitrogen and oxygen atoms in total. The molecule has 2 N–H and O–H groups in total. The molecule has 0 bridgehead atoms. The first-order valence-electron chi connectivity index (χ1n) is 8.85. The highest BCUT2D eigenvalue weighted by molar-refractivity contribution is 6.10. The van der Waals surface area contributed by atoms with Gasteiger partial charge in [-0.3, -0.25) is 14.5 Å². The van der Waals surface area contributed by atoms with Gasteiger partial charge in [0.15, 0.2) is 0 Å². The fourth-order valence-corrected chi connectivity index (χ4v) is 4.08. The van der Waals surface area contributed by atoms with Crippen molar-refractivity contribution in [2.45, 2.75) is 45.6 Å². The van der Waals surface area contributed by atoms with Crippen LogP contribution in [-0.2, 0) is 9.59 Å². The first-order valence-corrected chi connectivity index (χ1v) is 8.85. The Hall–Kier alpha value is -2.37. The molecule has 1 aromatic carbocycles. The molecule has 1 saturated heterocycles. The summed E-state index contributed by atoms with van der Waals surface area (Å²) in [5, 5.41) is 5.64. The third kappa shape index (κ3) is 3.01. The Morgan fingerprint density at radius 3 is 2.40 bits per heavy atom. The molecule has 1 aromatic rings. The third-order valence-corrected chi connectivity index (χ3v) is 5.62. The van der Waals surface area contributed by atoms with Crippen molar-refractivity contribution in [2.24, 2.45) is 11.8 Å². The van der Waals surface area contributed by atoms with Crippen molar-refractivity contribution in [1.82, 2.24) is 10.2 Å². The van der Waals surface area contributed by atoms with Crippen LogP contribution in [-0.4, -0.2) is 34.8 Å². The molecule has 1 spiro atoms. The van der Waals surface area contributed by atoms with Gasteiger partial charge in [0.1, 0.15) is 12.1 Å². The van der Waals surface area contributed by atoms with Gasteiger partial charge in [-0.1, -0.05) is 38.0 Å². The number of carbonyl (C=O) groups excluding carboxylic acids is 3. The lowest BCUT2D eigenvalue weighted by atomic mass is 9.67. The van der Waals surface area contributed by atoms with Crippen LogP contribution in [0.25, 0.3) is 0 Å². The predicted octanol–water partition coefficient (Wildman–Crippen LogP) is 2.68. The molecule has 1 aliphatic heterocycles. The summed E-state index contributed by atoms with van der Waals surface area (Å²) in [6.45, 7) is 5.71. The van der Waals surface area contributed by atoms with Crippen LogP contribution in [0.2, 0.25) is 0 Å². The van der Waals surface area contributed by atoms with Gasteiger partial charge in [-0.2, -0.15) is 0 Å². The lowest BCUT2D eigenvalue weighted by Gasteiger charge is -2.42. The van der Waals surface area contributed by atoms with E-state index < -0.39 is 11.6 Å². The number of carbonyl (C=O) groups is 3. The maximum absolute atomic E-state index is 13.0. The van der Waals surface area contributed by atoms with E-state index in [2.05, 4.69) is 10.6 Å². The van der Waals surface area contributed by atoms with Gasteiger partial charge in [0.25, 0.3) is 5.91 Å². The largest absolute Gasteiger partial charge is 0.325 e.